The quantitative estimate of drug-likeness (QED) is 0.334. The Bertz CT molecular complexity index is 1690. The average Bonchev–Trinajstić information content (AvgIpc) is 3.93. The molecule has 3 bridgehead atoms. The van der Waals surface area contributed by atoms with Gasteiger partial charge in [-0.1, -0.05) is 50.0 Å². The molecule has 4 heterocycles. The van der Waals surface area contributed by atoms with Gasteiger partial charge < -0.3 is 35.1 Å². The van der Waals surface area contributed by atoms with E-state index in [0.29, 0.717) is 41.6 Å². The largest absolute Gasteiger partial charge is 0.479 e. The summed E-state index contributed by atoms with van der Waals surface area (Å²) < 4.78 is 12.2. The van der Waals surface area contributed by atoms with Gasteiger partial charge in [0.2, 0.25) is 11.8 Å². The molecule has 7 rings (SSSR count). The number of allylic oxidation sites excluding steroid dienone is 1. The molecule has 12 heteroatoms. The normalized spacial score (nSPS) is 32.8. The summed E-state index contributed by atoms with van der Waals surface area (Å²) in [4.78, 5) is 72.2. The monoisotopic (exact) mass is 660 g/mol. The number of amides is 3. The maximum atomic E-state index is 14.3. The number of ether oxygens (including phenoxy) is 2. The van der Waals surface area contributed by atoms with Crippen LogP contribution in [-0.4, -0.2) is 75.2 Å². The Morgan fingerprint density at radius 1 is 0.958 bits per heavy atom. The van der Waals surface area contributed by atoms with Crippen LogP contribution in [0.25, 0.3) is 10.9 Å². The Morgan fingerprint density at radius 2 is 1.77 bits per heavy atom. The van der Waals surface area contributed by atoms with Gasteiger partial charge in [0.25, 0.3) is 0 Å². The standard InChI is InChI=1S/C36H44N4O8/c41-30-24-13-9-10-15-26(24)37-32-25(30)14-7-4-5-11-21-17-29(21)48-35(46)38-27-16-8-3-1-2-6-12-22-19-36(22,34(44)45)39-31(42)28-18-23(47-32)20-40(28)33(27)43/h6,9-10,12-13,15,21-23,27-29H,1-5,7-8,11,14,16-20H2,(H,37,41)(H,38,46)(H,39,42)(H,44,45)/t21-,22-,23?,27+,28?,29-,36-/m1/s1. The van der Waals surface area contributed by atoms with Gasteiger partial charge in [-0.25, -0.2) is 9.59 Å². The molecule has 0 spiro atoms. The summed E-state index contributed by atoms with van der Waals surface area (Å²) in [6.07, 6.45) is 11.0. The molecule has 7 atom stereocenters. The van der Waals surface area contributed by atoms with Crippen LogP contribution >= 0.6 is 0 Å². The zero-order valence-electron chi connectivity index (χ0n) is 27.1. The lowest BCUT2D eigenvalue weighted by molar-refractivity contribution is -0.145. The number of aromatic amines is 1. The summed E-state index contributed by atoms with van der Waals surface area (Å²) in [5.41, 5.74) is -0.383. The number of hydrogen-bond acceptors (Lipinski definition) is 7. The van der Waals surface area contributed by atoms with E-state index in [4.69, 9.17) is 9.47 Å². The molecule has 48 heavy (non-hydrogen) atoms. The number of pyridine rings is 1. The molecule has 5 aliphatic rings. The fourth-order valence-corrected chi connectivity index (χ4v) is 7.76. The van der Waals surface area contributed by atoms with Gasteiger partial charge in [-0.05, 0) is 69.4 Å². The third-order valence-electron chi connectivity index (χ3n) is 10.8. The Balaban J connectivity index is 1.24. The third-order valence-corrected chi connectivity index (χ3v) is 10.8. The molecule has 4 N–H and O–H groups in total. The number of carbonyl (C=O) groups is 4. The van der Waals surface area contributed by atoms with Crippen LogP contribution in [0.5, 0.6) is 5.88 Å². The fraction of sp³-hybridized carbons (Fsp3) is 0.583. The van der Waals surface area contributed by atoms with Crippen LogP contribution < -0.4 is 20.8 Å². The number of carbonyl (C=O) groups excluding carboxylic acids is 3. The second-order valence-electron chi connectivity index (χ2n) is 14.2. The summed E-state index contributed by atoms with van der Waals surface area (Å²) in [5.74, 6) is -1.88. The molecule has 3 fully saturated rings. The van der Waals surface area contributed by atoms with Gasteiger partial charge in [0.1, 0.15) is 29.8 Å². The SMILES string of the molecule is O=C1N[C@H]2CCCCCC=C[C@@H]3C[C@@]3(C(=O)O)NC(=O)C3CC(CN3C2=O)Oc2[nH]c3ccccc3c(=O)c2CCCCC[C@@H]2C[C@H]2O1. The van der Waals surface area contributed by atoms with E-state index in [1.807, 2.05) is 30.4 Å². The number of hydrogen-bond donors (Lipinski definition) is 4. The van der Waals surface area contributed by atoms with E-state index in [9.17, 15) is 29.1 Å². The summed E-state index contributed by atoms with van der Waals surface area (Å²) in [5, 5.41) is 16.3. The van der Waals surface area contributed by atoms with Crippen molar-refractivity contribution in [1.29, 1.82) is 0 Å². The van der Waals surface area contributed by atoms with Gasteiger partial charge in [-0.15, -0.1) is 0 Å². The van der Waals surface area contributed by atoms with E-state index in [-0.39, 0.29) is 42.8 Å². The maximum Gasteiger partial charge on any atom is 0.408 e. The number of nitrogens with zero attached hydrogens (tertiary/aromatic N) is 1. The molecule has 2 aliphatic carbocycles. The minimum absolute atomic E-state index is 0.0204. The van der Waals surface area contributed by atoms with Crippen molar-refractivity contribution in [2.24, 2.45) is 11.8 Å². The number of carboxylic acids is 1. The van der Waals surface area contributed by atoms with Crippen molar-refractivity contribution >= 4 is 34.8 Å². The average molecular weight is 661 g/mol. The molecule has 3 aliphatic heterocycles. The molecule has 1 aromatic heterocycles. The van der Waals surface area contributed by atoms with E-state index in [0.717, 1.165) is 51.4 Å². The fourth-order valence-electron chi connectivity index (χ4n) is 7.76. The van der Waals surface area contributed by atoms with Crippen LogP contribution in [-0.2, 0) is 25.5 Å². The van der Waals surface area contributed by atoms with Crippen LogP contribution in [0.4, 0.5) is 4.79 Å². The maximum absolute atomic E-state index is 14.3. The molecule has 1 saturated heterocycles. The van der Waals surface area contributed by atoms with Gasteiger partial charge in [-0.3, -0.25) is 14.4 Å². The molecule has 2 aromatic rings. The molecule has 12 nitrogen and oxygen atoms in total. The minimum Gasteiger partial charge on any atom is -0.479 e. The molecule has 2 saturated carbocycles. The van der Waals surface area contributed by atoms with Crippen molar-refractivity contribution in [3.8, 4) is 5.88 Å². The Kier molecular flexibility index (Phi) is 8.91. The van der Waals surface area contributed by atoms with Crippen molar-refractivity contribution in [3.05, 3.63) is 52.2 Å². The molecule has 1 aromatic carbocycles. The van der Waals surface area contributed by atoms with E-state index in [2.05, 4.69) is 15.6 Å². The van der Waals surface area contributed by atoms with Crippen molar-refractivity contribution in [1.82, 2.24) is 20.5 Å². The first-order valence-electron chi connectivity index (χ1n) is 17.5. The van der Waals surface area contributed by atoms with Crippen molar-refractivity contribution in [2.75, 3.05) is 6.54 Å². The first-order chi connectivity index (χ1) is 23.2. The summed E-state index contributed by atoms with van der Waals surface area (Å²) >= 11 is 0. The minimum atomic E-state index is -1.44. The Morgan fingerprint density at radius 3 is 2.62 bits per heavy atom. The van der Waals surface area contributed by atoms with Gasteiger partial charge in [0, 0.05) is 17.7 Å². The van der Waals surface area contributed by atoms with E-state index < -0.39 is 47.6 Å². The van der Waals surface area contributed by atoms with E-state index in [1.54, 1.807) is 6.07 Å². The van der Waals surface area contributed by atoms with Gasteiger partial charge in [-0.2, -0.15) is 0 Å². The topological polar surface area (TPSA) is 167 Å². The summed E-state index contributed by atoms with van der Waals surface area (Å²) in [6, 6.07) is 5.29. The van der Waals surface area contributed by atoms with Crippen LogP contribution in [0.3, 0.4) is 0 Å². The first kappa shape index (κ1) is 32.2. The molecule has 3 amide bonds. The Hall–Kier alpha value is -4.35. The number of benzene rings is 1. The number of carboxylic acid groups (broad SMARTS) is 1. The zero-order valence-corrected chi connectivity index (χ0v) is 27.1. The number of alkyl carbamates (subject to hydrolysis) is 1. The molecular weight excluding hydrogens is 616 g/mol. The highest BCUT2D eigenvalue weighted by atomic mass is 16.6. The highest BCUT2D eigenvalue weighted by Crippen LogP contribution is 2.45. The van der Waals surface area contributed by atoms with Gasteiger partial charge in [0.15, 0.2) is 11.3 Å². The molecular formula is C36H44N4O8. The van der Waals surface area contributed by atoms with Crippen LogP contribution in [0.1, 0.15) is 82.6 Å². The number of nitrogens with one attached hydrogen (secondary N) is 3. The predicted molar refractivity (Wildman–Crippen MR) is 175 cm³/mol. The lowest BCUT2D eigenvalue weighted by Crippen LogP contribution is -2.56. The van der Waals surface area contributed by atoms with Crippen LogP contribution in [0.15, 0.2) is 41.2 Å². The smallest absolute Gasteiger partial charge is 0.408 e. The zero-order chi connectivity index (χ0) is 33.4. The number of H-pyrrole nitrogens is 1. The number of aromatic nitrogens is 1. The third kappa shape index (κ3) is 6.53. The number of fused-ring (bicyclic) bond motifs is 6. The van der Waals surface area contributed by atoms with Crippen molar-refractivity contribution in [2.45, 2.75) is 113 Å². The molecule has 256 valence electrons. The number of para-hydroxylation sites is 1. The van der Waals surface area contributed by atoms with Crippen LogP contribution in [0.2, 0.25) is 0 Å². The summed E-state index contributed by atoms with van der Waals surface area (Å²) in [7, 11) is 0. The molecule has 2 unspecified atom stereocenters. The first-order valence-corrected chi connectivity index (χ1v) is 17.5. The van der Waals surface area contributed by atoms with E-state index >= 15 is 0 Å². The van der Waals surface area contributed by atoms with Crippen molar-refractivity contribution < 1.29 is 33.8 Å². The second kappa shape index (κ2) is 13.3. The van der Waals surface area contributed by atoms with Gasteiger partial charge in [0.05, 0.1) is 17.6 Å². The lowest BCUT2D eigenvalue weighted by Gasteiger charge is -2.29. The predicted octanol–water partition coefficient (Wildman–Crippen LogP) is 3.96. The number of aliphatic carboxylic acids is 1. The van der Waals surface area contributed by atoms with E-state index in [1.165, 1.54) is 4.90 Å². The highest BCUT2D eigenvalue weighted by Gasteiger charge is 2.61. The van der Waals surface area contributed by atoms with Crippen molar-refractivity contribution in [3.63, 3.8) is 0 Å². The highest BCUT2D eigenvalue weighted by molar-refractivity contribution is 5.96. The second-order valence-corrected chi connectivity index (χ2v) is 14.2. The lowest BCUT2D eigenvalue weighted by atomic mass is 10.0. The molecule has 0 radical (unpaired) electrons. The Labute approximate surface area is 278 Å². The van der Waals surface area contributed by atoms with Gasteiger partial charge >= 0.3 is 12.1 Å². The van der Waals surface area contributed by atoms with Crippen LogP contribution in [0, 0.1) is 11.8 Å². The summed E-state index contributed by atoms with van der Waals surface area (Å²) in [6.45, 7) is 0.0204. The number of rotatable bonds is 1.